The van der Waals surface area contributed by atoms with E-state index in [4.69, 9.17) is 14.0 Å². The minimum atomic E-state index is -0.377. The van der Waals surface area contributed by atoms with Gasteiger partial charge in [-0.3, -0.25) is 4.79 Å². The van der Waals surface area contributed by atoms with E-state index in [-0.39, 0.29) is 24.2 Å². The first-order chi connectivity index (χ1) is 12.3. The first kappa shape index (κ1) is 19.4. The van der Waals surface area contributed by atoms with Crippen LogP contribution in [0.1, 0.15) is 53.4 Å². The molecular weight excluding hydrogens is 329 g/mol. The number of carbonyl (C=O) groups is 1. The highest BCUT2D eigenvalue weighted by atomic mass is 16.7. The zero-order chi connectivity index (χ0) is 18.8. The van der Waals surface area contributed by atoms with Crippen LogP contribution in [0.2, 0.25) is 0 Å². The van der Waals surface area contributed by atoms with Gasteiger partial charge in [0.2, 0.25) is 5.91 Å². The van der Waals surface area contributed by atoms with Gasteiger partial charge in [-0.05, 0) is 70.5 Å². The summed E-state index contributed by atoms with van der Waals surface area (Å²) in [4.78, 5) is 12.2. The second kappa shape index (κ2) is 7.71. The van der Waals surface area contributed by atoms with E-state index in [2.05, 4.69) is 5.32 Å². The molecule has 0 bridgehead atoms. The lowest BCUT2D eigenvalue weighted by Gasteiger charge is -2.32. The van der Waals surface area contributed by atoms with Crippen molar-refractivity contribution in [1.29, 1.82) is 0 Å². The third-order valence-electron chi connectivity index (χ3n) is 5.84. The van der Waals surface area contributed by atoms with Gasteiger partial charge in [0, 0.05) is 25.3 Å². The molecule has 0 aromatic heterocycles. The molecule has 2 aliphatic heterocycles. The van der Waals surface area contributed by atoms with Gasteiger partial charge in [0.1, 0.15) is 0 Å². The van der Waals surface area contributed by atoms with Crippen LogP contribution in [0.3, 0.4) is 0 Å². The van der Waals surface area contributed by atoms with E-state index in [9.17, 15) is 4.79 Å². The number of benzene rings is 1. The molecule has 0 saturated carbocycles. The Labute approximate surface area is 156 Å². The maximum absolute atomic E-state index is 12.2. The molecule has 1 aromatic carbocycles. The number of hydrogen-bond donors (Lipinski definition) is 1. The van der Waals surface area contributed by atoms with Crippen molar-refractivity contribution in [2.45, 2.75) is 64.6 Å². The van der Waals surface area contributed by atoms with E-state index < -0.39 is 0 Å². The van der Waals surface area contributed by atoms with Crippen LogP contribution in [-0.4, -0.2) is 37.4 Å². The Kier molecular flexibility index (Phi) is 5.75. The molecular formula is C20H30BNO4. The fraction of sp³-hybridized carbons (Fsp3) is 0.650. The fourth-order valence-electron chi connectivity index (χ4n) is 3.30. The predicted molar refractivity (Wildman–Crippen MR) is 104 cm³/mol. The van der Waals surface area contributed by atoms with Crippen LogP contribution in [-0.2, 0) is 18.8 Å². The van der Waals surface area contributed by atoms with Crippen LogP contribution in [0.4, 0.5) is 5.69 Å². The SMILES string of the molecule is CC1(C)OB(c2ccc(NC(=O)CCC3CCOCC3)cc2)OC1(C)C. The number of nitrogens with one attached hydrogen (secondary N) is 1. The number of amides is 1. The summed E-state index contributed by atoms with van der Waals surface area (Å²) in [6.07, 6.45) is 3.62. The van der Waals surface area contributed by atoms with E-state index in [0.717, 1.165) is 43.6 Å². The molecule has 5 nitrogen and oxygen atoms in total. The van der Waals surface area contributed by atoms with Crippen LogP contribution in [0.25, 0.3) is 0 Å². The standard InChI is InChI=1S/C20H30BNO4/c1-19(2)20(3,4)26-21(25-19)16-6-8-17(9-7-16)22-18(23)10-5-15-11-13-24-14-12-15/h6-9,15H,5,10-14H2,1-4H3,(H,22,23). The van der Waals surface area contributed by atoms with E-state index >= 15 is 0 Å². The first-order valence-electron chi connectivity index (χ1n) is 9.60. The van der Waals surface area contributed by atoms with Crippen molar-refractivity contribution in [2.24, 2.45) is 5.92 Å². The summed E-state index contributed by atoms with van der Waals surface area (Å²) in [5, 5.41) is 2.98. The average molecular weight is 359 g/mol. The molecule has 0 atom stereocenters. The Morgan fingerprint density at radius 3 is 2.23 bits per heavy atom. The molecule has 0 spiro atoms. The van der Waals surface area contributed by atoms with E-state index in [1.807, 2.05) is 52.0 Å². The van der Waals surface area contributed by atoms with Crippen LogP contribution < -0.4 is 10.8 Å². The topological polar surface area (TPSA) is 56.8 Å². The summed E-state index contributed by atoms with van der Waals surface area (Å²) in [7, 11) is -0.377. The van der Waals surface area contributed by atoms with E-state index in [1.165, 1.54) is 0 Å². The monoisotopic (exact) mass is 359 g/mol. The second-order valence-corrected chi connectivity index (χ2v) is 8.35. The van der Waals surface area contributed by atoms with Crippen molar-refractivity contribution < 1.29 is 18.8 Å². The highest BCUT2D eigenvalue weighted by molar-refractivity contribution is 6.62. The molecule has 2 heterocycles. The largest absolute Gasteiger partial charge is 0.494 e. The number of anilines is 1. The summed E-state index contributed by atoms with van der Waals surface area (Å²) < 4.78 is 17.5. The molecule has 1 amide bonds. The third-order valence-corrected chi connectivity index (χ3v) is 5.84. The van der Waals surface area contributed by atoms with Crippen LogP contribution in [0, 0.1) is 5.92 Å². The van der Waals surface area contributed by atoms with Gasteiger partial charge < -0.3 is 19.4 Å². The molecule has 1 aromatic rings. The van der Waals surface area contributed by atoms with Gasteiger partial charge in [-0.15, -0.1) is 0 Å². The normalized spacial score (nSPS) is 22.4. The molecule has 1 N–H and O–H groups in total. The van der Waals surface area contributed by atoms with Crippen molar-refractivity contribution in [2.75, 3.05) is 18.5 Å². The predicted octanol–water partition coefficient (Wildman–Crippen LogP) is 3.13. The van der Waals surface area contributed by atoms with Gasteiger partial charge in [0.15, 0.2) is 0 Å². The Morgan fingerprint density at radius 2 is 1.65 bits per heavy atom. The zero-order valence-corrected chi connectivity index (χ0v) is 16.3. The lowest BCUT2D eigenvalue weighted by Crippen LogP contribution is -2.41. The van der Waals surface area contributed by atoms with Crippen molar-refractivity contribution in [1.82, 2.24) is 0 Å². The lowest BCUT2D eigenvalue weighted by molar-refractivity contribution is -0.116. The molecule has 6 heteroatoms. The Balaban J connectivity index is 1.51. The minimum absolute atomic E-state index is 0.0693. The number of rotatable bonds is 5. The van der Waals surface area contributed by atoms with Crippen molar-refractivity contribution in [3.8, 4) is 0 Å². The lowest BCUT2D eigenvalue weighted by atomic mass is 9.79. The van der Waals surface area contributed by atoms with E-state index in [0.29, 0.717) is 12.3 Å². The third kappa shape index (κ3) is 4.48. The maximum atomic E-state index is 12.2. The summed E-state index contributed by atoms with van der Waals surface area (Å²) in [5.74, 6) is 0.681. The van der Waals surface area contributed by atoms with Gasteiger partial charge >= 0.3 is 7.12 Å². The van der Waals surface area contributed by atoms with Crippen molar-refractivity contribution in [3.63, 3.8) is 0 Å². The molecule has 0 aliphatic carbocycles. The van der Waals surface area contributed by atoms with Gasteiger partial charge in [-0.2, -0.15) is 0 Å². The van der Waals surface area contributed by atoms with Gasteiger partial charge in [0.25, 0.3) is 0 Å². The van der Waals surface area contributed by atoms with Crippen LogP contribution in [0.5, 0.6) is 0 Å². The molecule has 3 rings (SSSR count). The molecule has 0 unspecified atom stereocenters. The first-order valence-corrected chi connectivity index (χ1v) is 9.60. The van der Waals surface area contributed by atoms with E-state index in [1.54, 1.807) is 0 Å². The Morgan fingerprint density at radius 1 is 1.08 bits per heavy atom. The highest BCUT2D eigenvalue weighted by Crippen LogP contribution is 2.36. The fourth-order valence-corrected chi connectivity index (χ4v) is 3.30. The molecule has 142 valence electrons. The highest BCUT2D eigenvalue weighted by Gasteiger charge is 2.51. The Hall–Kier alpha value is -1.37. The summed E-state index contributed by atoms with van der Waals surface area (Å²) >= 11 is 0. The van der Waals surface area contributed by atoms with Gasteiger partial charge in [0.05, 0.1) is 11.2 Å². The zero-order valence-electron chi connectivity index (χ0n) is 16.3. The van der Waals surface area contributed by atoms with Crippen LogP contribution >= 0.6 is 0 Å². The second-order valence-electron chi connectivity index (χ2n) is 8.35. The van der Waals surface area contributed by atoms with Crippen molar-refractivity contribution >= 4 is 24.2 Å². The number of hydrogen-bond acceptors (Lipinski definition) is 4. The molecule has 2 saturated heterocycles. The molecule has 2 fully saturated rings. The quantitative estimate of drug-likeness (QED) is 0.821. The number of carbonyl (C=O) groups excluding carboxylic acids is 1. The minimum Gasteiger partial charge on any atom is -0.399 e. The molecule has 26 heavy (non-hydrogen) atoms. The molecule has 2 aliphatic rings. The maximum Gasteiger partial charge on any atom is 0.494 e. The smallest absolute Gasteiger partial charge is 0.399 e. The van der Waals surface area contributed by atoms with Crippen molar-refractivity contribution in [3.05, 3.63) is 24.3 Å². The Bertz CT molecular complexity index is 607. The summed E-state index contributed by atoms with van der Waals surface area (Å²) in [6.45, 7) is 9.82. The molecule has 0 radical (unpaired) electrons. The summed E-state index contributed by atoms with van der Waals surface area (Å²) in [6, 6.07) is 7.73. The summed E-state index contributed by atoms with van der Waals surface area (Å²) in [5.41, 5.74) is 1.06. The van der Waals surface area contributed by atoms with Crippen LogP contribution in [0.15, 0.2) is 24.3 Å². The van der Waals surface area contributed by atoms with Gasteiger partial charge in [-0.25, -0.2) is 0 Å². The van der Waals surface area contributed by atoms with Gasteiger partial charge in [-0.1, -0.05) is 12.1 Å². The average Bonchev–Trinajstić information content (AvgIpc) is 2.82. The number of ether oxygens (including phenoxy) is 1.